The van der Waals surface area contributed by atoms with Crippen LogP contribution in [0, 0.1) is 0 Å². The minimum absolute atomic E-state index is 0.0448. The average Bonchev–Trinajstić information content (AvgIpc) is 3.00. The molecule has 7 nitrogen and oxygen atoms in total. The molecule has 26 heavy (non-hydrogen) atoms. The molecule has 1 aliphatic carbocycles. The van der Waals surface area contributed by atoms with E-state index in [4.69, 9.17) is 9.52 Å². The second-order valence-electron chi connectivity index (χ2n) is 6.81. The lowest BCUT2D eigenvalue weighted by Gasteiger charge is -2.42. The predicted molar refractivity (Wildman–Crippen MR) is 98.0 cm³/mol. The van der Waals surface area contributed by atoms with Crippen molar-refractivity contribution in [3.8, 4) is 0 Å². The largest absolute Gasteiger partial charge is 0.480 e. The van der Waals surface area contributed by atoms with Crippen LogP contribution in [0.25, 0.3) is 11.0 Å². The smallest absolute Gasteiger partial charge is 0.317 e. The van der Waals surface area contributed by atoms with Gasteiger partial charge < -0.3 is 20.2 Å². The monoisotopic (exact) mass is 359 g/mol. The highest BCUT2D eigenvalue weighted by atomic mass is 16.4. The second-order valence-corrected chi connectivity index (χ2v) is 6.81. The Bertz CT molecular complexity index is 749. The minimum Gasteiger partial charge on any atom is -0.480 e. The Morgan fingerprint density at radius 1 is 1.35 bits per heavy atom. The van der Waals surface area contributed by atoms with Gasteiger partial charge in [0.15, 0.2) is 0 Å². The second kappa shape index (κ2) is 7.78. The van der Waals surface area contributed by atoms with Crippen molar-refractivity contribution in [2.45, 2.75) is 44.8 Å². The number of hydrogen-bond acceptors (Lipinski definition) is 4. The zero-order chi connectivity index (χ0) is 18.7. The van der Waals surface area contributed by atoms with Crippen LogP contribution in [0.5, 0.6) is 0 Å². The summed E-state index contributed by atoms with van der Waals surface area (Å²) >= 11 is 0. The Hall–Kier alpha value is -2.54. The summed E-state index contributed by atoms with van der Waals surface area (Å²) in [6, 6.07) is 9.49. The molecule has 3 N–H and O–H groups in total. The Morgan fingerprint density at radius 2 is 2.08 bits per heavy atom. The maximum atomic E-state index is 12.2. The molecule has 1 unspecified atom stereocenters. The lowest BCUT2D eigenvalue weighted by Crippen LogP contribution is -2.56. The van der Waals surface area contributed by atoms with Gasteiger partial charge >= 0.3 is 12.0 Å². The van der Waals surface area contributed by atoms with Gasteiger partial charge in [0, 0.05) is 17.5 Å². The van der Waals surface area contributed by atoms with Gasteiger partial charge in [-0.25, -0.2) is 4.79 Å². The van der Waals surface area contributed by atoms with Crippen LogP contribution >= 0.6 is 0 Å². The molecule has 1 fully saturated rings. The third kappa shape index (κ3) is 4.16. The van der Waals surface area contributed by atoms with Crippen LogP contribution in [-0.2, 0) is 4.79 Å². The van der Waals surface area contributed by atoms with Crippen molar-refractivity contribution in [3.05, 3.63) is 36.1 Å². The van der Waals surface area contributed by atoms with Gasteiger partial charge in [0.2, 0.25) is 0 Å². The number of carbonyl (C=O) groups is 2. The highest BCUT2D eigenvalue weighted by Gasteiger charge is 2.34. The number of fused-ring (bicyclic) bond motifs is 1. The van der Waals surface area contributed by atoms with Crippen molar-refractivity contribution in [3.63, 3.8) is 0 Å². The van der Waals surface area contributed by atoms with E-state index in [2.05, 4.69) is 10.6 Å². The van der Waals surface area contributed by atoms with E-state index in [1.54, 1.807) is 0 Å². The molecule has 0 saturated heterocycles. The third-order valence-corrected chi connectivity index (χ3v) is 4.93. The number of benzene rings is 1. The average molecular weight is 359 g/mol. The molecule has 0 radical (unpaired) electrons. The quantitative estimate of drug-likeness (QED) is 0.707. The zero-order valence-electron chi connectivity index (χ0n) is 15.1. The molecule has 0 spiro atoms. The molecule has 1 aliphatic rings. The summed E-state index contributed by atoms with van der Waals surface area (Å²) in [6.07, 6.45) is 1.54. The number of carboxylic acids is 1. The fourth-order valence-corrected chi connectivity index (χ4v) is 3.39. The molecule has 2 aromatic rings. The first kappa shape index (κ1) is 18.3. The van der Waals surface area contributed by atoms with E-state index >= 15 is 0 Å². The van der Waals surface area contributed by atoms with Crippen molar-refractivity contribution >= 4 is 23.0 Å². The standard InChI is InChI=1S/C19H25N3O4/c1-3-22(11-18(23)24)15-9-14(10-15)21-19(25)20-12(2)17-8-13-6-4-5-7-16(13)26-17/h4-8,12,14-15H,3,9-11H2,1-2H3,(H,23,24)(H2,20,21,25). The van der Waals surface area contributed by atoms with E-state index in [1.165, 1.54) is 0 Å². The first-order chi connectivity index (χ1) is 12.5. The number of nitrogens with one attached hydrogen (secondary N) is 2. The third-order valence-electron chi connectivity index (χ3n) is 4.93. The minimum atomic E-state index is -0.819. The molecule has 1 aromatic heterocycles. The van der Waals surface area contributed by atoms with E-state index < -0.39 is 5.97 Å². The molecule has 2 amide bonds. The maximum absolute atomic E-state index is 12.2. The summed E-state index contributed by atoms with van der Waals surface area (Å²) < 4.78 is 5.77. The Balaban J connectivity index is 1.46. The number of carbonyl (C=O) groups excluding carboxylic acids is 1. The first-order valence-corrected chi connectivity index (χ1v) is 8.97. The van der Waals surface area contributed by atoms with Crippen molar-refractivity contribution in [1.29, 1.82) is 0 Å². The number of nitrogens with zero attached hydrogens (tertiary/aromatic N) is 1. The van der Waals surface area contributed by atoms with E-state index in [1.807, 2.05) is 49.1 Å². The van der Waals surface area contributed by atoms with Gasteiger partial charge in [-0.05, 0) is 38.4 Å². The molecule has 1 aromatic carbocycles. The molecule has 7 heteroatoms. The molecule has 1 saturated carbocycles. The fourth-order valence-electron chi connectivity index (χ4n) is 3.39. The van der Waals surface area contributed by atoms with Gasteiger partial charge in [-0.15, -0.1) is 0 Å². The van der Waals surface area contributed by atoms with Crippen molar-refractivity contribution in [1.82, 2.24) is 15.5 Å². The zero-order valence-corrected chi connectivity index (χ0v) is 15.1. The topological polar surface area (TPSA) is 94.8 Å². The Kier molecular flexibility index (Phi) is 5.46. The molecule has 0 aliphatic heterocycles. The number of carboxylic acid groups (broad SMARTS) is 1. The van der Waals surface area contributed by atoms with Gasteiger partial charge in [0.05, 0.1) is 12.6 Å². The Morgan fingerprint density at radius 3 is 2.73 bits per heavy atom. The summed E-state index contributed by atoms with van der Waals surface area (Å²) in [4.78, 5) is 25.0. The molecule has 0 bridgehead atoms. The number of aliphatic carboxylic acids is 1. The van der Waals surface area contributed by atoms with E-state index in [0.717, 1.165) is 23.8 Å². The van der Waals surface area contributed by atoms with Crippen molar-refractivity contribution < 1.29 is 19.1 Å². The van der Waals surface area contributed by atoms with E-state index in [0.29, 0.717) is 12.3 Å². The molecular formula is C19H25N3O4. The van der Waals surface area contributed by atoms with Crippen LogP contribution in [0.2, 0.25) is 0 Å². The number of para-hydroxylation sites is 1. The van der Waals surface area contributed by atoms with Crippen LogP contribution in [0.15, 0.2) is 34.7 Å². The lowest BCUT2D eigenvalue weighted by molar-refractivity contribution is -0.139. The maximum Gasteiger partial charge on any atom is 0.317 e. The first-order valence-electron chi connectivity index (χ1n) is 8.97. The van der Waals surface area contributed by atoms with Crippen molar-refractivity contribution in [2.75, 3.05) is 13.1 Å². The van der Waals surface area contributed by atoms with E-state index in [-0.39, 0.29) is 30.7 Å². The number of amides is 2. The van der Waals surface area contributed by atoms with Crippen LogP contribution in [0.3, 0.4) is 0 Å². The van der Waals surface area contributed by atoms with E-state index in [9.17, 15) is 9.59 Å². The number of hydrogen-bond donors (Lipinski definition) is 3. The summed E-state index contributed by atoms with van der Waals surface area (Å²) in [6.45, 7) is 4.57. The Labute approximate surface area is 152 Å². The van der Waals surface area contributed by atoms with Gasteiger partial charge in [-0.1, -0.05) is 25.1 Å². The number of rotatable bonds is 7. The molecule has 1 atom stereocenters. The molecule has 3 rings (SSSR count). The SMILES string of the molecule is CCN(CC(=O)O)C1CC(NC(=O)NC(C)c2cc3ccccc3o2)C1. The fraction of sp³-hybridized carbons (Fsp3) is 0.474. The summed E-state index contributed by atoms with van der Waals surface area (Å²) in [5, 5.41) is 15.8. The number of likely N-dealkylation sites (N-methyl/N-ethyl adjacent to an activating group) is 1. The highest BCUT2D eigenvalue weighted by molar-refractivity contribution is 5.78. The van der Waals surface area contributed by atoms with Crippen LogP contribution in [-0.4, -0.2) is 47.2 Å². The molecular weight excluding hydrogens is 334 g/mol. The number of urea groups is 1. The van der Waals surface area contributed by atoms with Crippen LogP contribution in [0.4, 0.5) is 4.79 Å². The van der Waals surface area contributed by atoms with Gasteiger partial charge in [0.1, 0.15) is 11.3 Å². The molecule has 140 valence electrons. The summed E-state index contributed by atoms with van der Waals surface area (Å²) in [5.74, 6) is -0.105. The summed E-state index contributed by atoms with van der Waals surface area (Å²) in [5.41, 5.74) is 0.802. The highest BCUT2D eigenvalue weighted by Crippen LogP contribution is 2.26. The normalized spacial score (nSPS) is 20.6. The number of furan rings is 1. The summed E-state index contributed by atoms with van der Waals surface area (Å²) in [7, 11) is 0. The van der Waals surface area contributed by atoms with Gasteiger partial charge in [-0.3, -0.25) is 9.69 Å². The van der Waals surface area contributed by atoms with Gasteiger partial charge in [-0.2, -0.15) is 0 Å². The predicted octanol–water partition coefficient (Wildman–Crippen LogP) is 2.73. The van der Waals surface area contributed by atoms with Gasteiger partial charge in [0.25, 0.3) is 0 Å². The lowest BCUT2D eigenvalue weighted by atomic mass is 9.85. The van der Waals surface area contributed by atoms with Crippen LogP contribution < -0.4 is 10.6 Å². The van der Waals surface area contributed by atoms with Crippen LogP contribution in [0.1, 0.15) is 38.5 Å². The van der Waals surface area contributed by atoms with Crippen molar-refractivity contribution in [2.24, 2.45) is 0 Å². The molecule has 1 heterocycles.